The minimum absolute atomic E-state index is 0.0282. The summed E-state index contributed by atoms with van der Waals surface area (Å²) in [5.74, 6) is 0.498. The molecular formula is C13H21N3O3. The summed E-state index contributed by atoms with van der Waals surface area (Å²) in [5.41, 5.74) is -0.419. The van der Waals surface area contributed by atoms with E-state index in [2.05, 4.69) is 10.1 Å². The highest BCUT2D eigenvalue weighted by Crippen LogP contribution is 2.24. The summed E-state index contributed by atoms with van der Waals surface area (Å²) in [6.07, 6.45) is 1.52. The van der Waals surface area contributed by atoms with Crippen LogP contribution in [0.2, 0.25) is 0 Å². The second kappa shape index (κ2) is 5.19. The first-order valence-electron chi connectivity index (χ1n) is 6.63. The summed E-state index contributed by atoms with van der Waals surface area (Å²) < 4.78 is 10.5. The lowest BCUT2D eigenvalue weighted by Gasteiger charge is -2.31. The molecule has 0 spiro atoms. The van der Waals surface area contributed by atoms with Gasteiger partial charge in [0.25, 0.3) is 0 Å². The van der Waals surface area contributed by atoms with E-state index in [0.29, 0.717) is 11.8 Å². The fourth-order valence-corrected chi connectivity index (χ4v) is 2.11. The maximum atomic E-state index is 12.0. The standard InChI is InChI=1S/C13H21N3O3/c1-9-14-12(19-15-9)16-7-5-10(6-8-16)11(17)18-13(2,3)4/h10H,5-8H2,1-4H3. The van der Waals surface area contributed by atoms with E-state index in [1.165, 1.54) is 0 Å². The van der Waals surface area contributed by atoms with E-state index >= 15 is 0 Å². The zero-order valence-electron chi connectivity index (χ0n) is 12.0. The third kappa shape index (κ3) is 3.68. The summed E-state index contributed by atoms with van der Waals surface area (Å²) in [6.45, 7) is 8.95. The molecule has 2 heterocycles. The topological polar surface area (TPSA) is 68.5 Å². The smallest absolute Gasteiger partial charge is 0.324 e. The largest absolute Gasteiger partial charge is 0.460 e. The van der Waals surface area contributed by atoms with Crippen molar-refractivity contribution in [3.05, 3.63) is 5.82 Å². The molecule has 1 saturated heterocycles. The number of hydrogen-bond acceptors (Lipinski definition) is 6. The molecule has 6 nitrogen and oxygen atoms in total. The summed E-state index contributed by atoms with van der Waals surface area (Å²) in [4.78, 5) is 18.2. The maximum absolute atomic E-state index is 12.0. The molecule has 0 bridgehead atoms. The number of nitrogens with zero attached hydrogens (tertiary/aromatic N) is 3. The van der Waals surface area contributed by atoms with Crippen LogP contribution >= 0.6 is 0 Å². The predicted molar refractivity (Wildman–Crippen MR) is 69.8 cm³/mol. The molecule has 0 saturated carbocycles. The maximum Gasteiger partial charge on any atom is 0.324 e. The predicted octanol–water partition coefficient (Wildman–Crippen LogP) is 1.94. The molecule has 1 aromatic rings. The second-order valence-electron chi connectivity index (χ2n) is 5.92. The van der Waals surface area contributed by atoms with Crippen LogP contribution in [0, 0.1) is 12.8 Å². The van der Waals surface area contributed by atoms with Crippen LogP contribution in [0.15, 0.2) is 4.52 Å². The Balaban J connectivity index is 1.87. The van der Waals surface area contributed by atoms with Crippen molar-refractivity contribution in [2.24, 2.45) is 5.92 Å². The first-order valence-corrected chi connectivity index (χ1v) is 6.63. The van der Waals surface area contributed by atoms with E-state index in [1.54, 1.807) is 6.92 Å². The number of carbonyl (C=O) groups is 1. The molecule has 0 unspecified atom stereocenters. The zero-order valence-corrected chi connectivity index (χ0v) is 12.0. The number of piperidine rings is 1. The Morgan fingerprint density at radius 2 is 2.00 bits per heavy atom. The van der Waals surface area contributed by atoms with Crippen LogP contribution in [0.3, 0.4) is 0 Å². The summed E-state index contributed by atoms with van der Waals surface area (Å²) in [5, 5.41) is 3.78. The first-order chi connectivity index (χ1) is 8.85. The molecule has 1 aromatic heterocycles. The molecule has 1 aliphatic heterocycles. The molecule has 0 aliphatic carbocycles. The van der Waals surface area contributed by atoms with Crippen molar-refractivity contribution in [3.8, 4) is 0 Å². The number of aromatic nitrogens is 2. The van der Waals surface area contributed by atoms with E-state index in [1.807, 2.05) is 25.7 Å². The Morgan fingerprint density at radius 1 is 1.37 bits per heavy atom. The average Bonchev–Trinajstić information content (AvgIpc) is 2.74. The number of carbonyl (C=O) groups excluding carboxylic acids is 1. The van der Waals surface area contributed by atoms with Crippen molar-refractivity contribution >= 4 is 12.0 Å². The van der Waals surface area contributed by atoms with Gasteiger partial charge in [-0.05, 0) is 40.5 Å². The molecule has 6 heteroatoms. The summed E-state index contributed by atoms with van der Waals surface area (Å²) in [7, 11) is 0. The molecule has 0 radical (unpaired) electrons. The van der Waals surface area contributed by atoms with Gasteiger partial charge in [0, 0.05) is 13.1 Å². The molecule has 19 heavy (non-hydrogen) atoms. The zero-order chi connectivity index (χ0) is 14.0. The number of esters is 1. The highest BCUT2D eigenvalue weighted by atomic mass is 16.6. The molecule has 2 rings (SSSR count). The Labute approximate surface area is 113 Å². The fourth-order valence-electron chi connectivity index (χ4n) is 2.11. The third-order valence-corrected chi connectivity index (χ3v) is 3.02. The van der Waals surface area contributed by atoms with Gasteiger partial charge in [0.05, 0.1) is 5.92 Å². The Bertz CT molecular complexity index is 442. The summed E-state index contributed by atoms with van der Waals surface area (Å²) in [6, 6.07) is 0.542. The lowest BCUT2D eigenvalue weighted by atomic mass is 9.97. The van der Waals surface area contributed by atoms with Gasteiger partial charge in [0.1, 0.15) is 5.60 Å². The van der Waals surface area contributed by atoms with Gasteiger partial charge in [-0.25, -0.2) is 0 Å². The average molecular weight is 267 g/mol. The fraction of sp³-hybridized carbons (Fsp3) is 0.769. The van der Waals surface area contributed by atoms with Crippen LogP contribution in [-0.4, -0.2) is 34.8 Å². The van der Waals surface area contributed by atoms with Crippen LogP contribution in [-0.2, 0) is 9.53 Å². The van der Waals surface area contributed by atoms with E-state index in [9.17, 15) is 4.79 Å². The second-order valence-corrected chi connectivity index (χ2v) is 5.92. The number of aryl methyl sites for hydroxylation is 1. The van der Waals surface area contributed by atoms with E-state index < -0.39 is 5.60 Å². The normalized spacial score (nSPS) is 17.6. The molecule has 1 fully saturated rings. The van der Waals surface area contributed by atoms with Gasteiger partial charge in [0.2, 0.25) is 0 Å². The lowest BCUT2D eigenvalue weighted by molar-refractivity contribution is -0.160. The van der Waals surface area contributed by atoms with E-state index in [0.717, 1.165) is 25.9 Å². The van der Waals surface area contributed by atoms with Crippen LogP contribution in [0.25, 0.3) is 0 Å². The van der Waals surface area contributed by atoms with Gasteiger partial charge in [-0.15, -0.1) is 0 Å². The van der Waals surface area contributed by atoms with Gasteiger partial charge < -0.3 is 14.2 Å². The van der Waals surface area contributed by atoms with E-state index in [4.69, 9.17) is 9.26 Å². The monoisotopic (exact) mass is 267 g/mol. The van der Waals surface area contributed by atoms with Crippen molar-refractivity contribution in [1.82, 2.24) is 10.1 Å². The van der Waals surface area contributed by atoms with Crippen LogP contribution in [0.4, 0.5) is 6.01 Å². The quantitative estimate of drug-likeness (QED) is 0.763. The molecule has 1 aliphatic rings. The van der Waals surface area contributed by atoms with Gasteiger partial charge in [0.15, 0.2) is 5.82 Å². The van der Waals surface area contributed by atoms with Crippen LogP contribution in [0.1, 0.15) is 39.4 Å². The van der Waals surface area contributed by atoms with Crippen LogP contribution in [0.5, 0.6) is 0 Å². The molecule has 0 atom stereocenters. The number of ether oxygens (including phenoxy) is 1. The van der Waals surface area contributed by atoms with Crippen molar-refractivity contribution in [2.75, 3.05) is 18.0 Å². The van der Waals surface area contributed by atoms with Crippen molar-refractivity contribution in [1.29, 1.82) is 0 Å². The molecule has 0 amide bonds. The molecule has 106 valence electrons. The Morgan fingerprint density at radius 3 is 2.47 bits per heavy atom. The minimum atomic E-state index is -0.419. The molecular weight excluding hydrogens is 246 g/mol. The Kier molecular flexibility index (Phi) is 3.78. The minimum Gasteiger partial charge on any atom is -0.460 e. The lowest BCUT2D eigenvalue weighted by Crippen LogP contribution is -2.39. The number of hydrogen-bond donors (Lipinski definition) is 0. The van der Waals surface area contributed by atoms with Crippen LogP contribution < -0.4 is 4.90 Å². The van der Waals surface area contributed by atoms with Gasteiger partial charge >= 0.3 is 12.0 Å². The van der Waals surface area contributed by atoms with E-state index in [-0.39, 0.29) is 11.9 Å². The molecule has 0 N–H and O–H groups in total. The number of rotatable bonds is 2. The van der Waals surface area contributed by atoms with Gasteiger partial charge in [-0.2, -0.15) is 4.98 Å². The highest BCUT2D eigenvalue weighted by Gasteiger charge is 2.30. The van der Waals surface area contributed by atoms with Gasteiger partial charge in [-0.1, -0.05) is 5.16 Å². The third-order valence-electron chi connectivity index (χ3n) is 3.02. The number of anilines is 1. The van der Waals surface area contributed by atoms with Crippen molar-refractivity contribution < 1.29 is 14.1 Å². The van der Waals surface area contributed by atoms with Crippen molar-refractivity contribution in [2.45, 2.75) is 46.1 Å². The SMILES string of the molecule is Cc1noc(N2CCC(C(=O)OC(C)(C)C)CC2)n1. The van der Waals surface area contributed by atoms with Gasteiger partial charge in [-0.3, -0.25) is 4.79 Å². The molecule has 0 aromatic carbocycles. The Hall–Kier alpha value is -1.59. The van der Waals surface area contributed by atoms with Crippen molar-refractivity contribution in [3.63, 3.8) is 0 Å². The summed E-state index contributed by atoms with van der Waals surface area (Å²) >= 11 is 0. The first kappa shape index (κ1) is 13.8. The highest BCUT2D eigenvalue weighted by molar-refractivity contribution is 5.73.